The number of nitrogens with zero attached hydrogens (tertiary/aromatic N) is 2. The van der Waals surface area contributed by atoms with E-state index < -0.39 is 22.5 Å². The molecule has 0 saturated heterocycles. The number of hydrogen-bond acceptors (Lipinski definition) is 4. The summed E-state index contributed by atoms with van der Waals surface area (Å²) >= 11 is 12.2. The summed E-state index contributed by atoms with van der Waals surface area (Å²) in [5, 5.41) is 4.87. The van der Waals surface area contributed by atoms with Gasteiger partial charge in [-0.25, -0.2) is 13.8 Å². The Bertz CT molecular complexity index is 1240. The van der Waals surface area contributed by atoms with Crippen LogP contribution in [-0.2, 0) is 14.8 Å². The molecule has 3 aromatic carbocycles. The third kappa shape index (κ3) is 5.68. The van der Waals surface area contributed by atoms with Gasteiger partial charge in [0.2, 0.25) is 0 Å². The highest BCUT2D eigenvalue weighted by Crippen LogP contribution is 2.30. The van der Waals surface area contributed by atoms with Crippen LogP contribution in [0.15, 0.2) is 82.8 Å². The maximum absolute atomic E-state index is 13.4. The maximum Gasteiger partial charge on any atom is 0.264 e. The van der Waals surface area contributed by atoms with Crippen molar-refractivity contribution < 1.29 is 13.2 Å². The van der Waals surface area contributed by atoms with Crippen LogP contribution in [0.3, 0.4) is 0 Å². The lowest BCUT2D eigenvalue weighted by molar-refractivity contribution is -0.119. The van der Waals surface area contributed by atoms with Crippen molar-refractivity contribution in [1.82, 2.24) is 5.43 Å². The first-order valence-corrected chi connectivity index (χ1v) is 11.8. The predicted octanol–water partition coefficient (Wildman–Crippen LogP) is 5.04. The van der Waals surface area contributed by atoms with Gasteiger partial charge in [-0.1, -0.05) is 65.2 Å². The van der Waals surface area contributed by atoms with Crippen LogP contribution in [0, 0.1) is 6.92 Å². The van der Waals surface area contributed by atoms with E-state index in [-0.39, 0.29) is 15.6 Å². The highest BCUT2D eigenvalue weighted by Gasteiger charge is 2.28. The van der Waals surface area contributed by atoms with E-state index in [2.05, 4.69) is 10.5 Å². The fourth-order valence-corrected chi connectivity index (χ4v) is 4.71. The van der Waals surface area contributed by atoms with Gasteiger partial charge in [0.25, 0.3) is 15.9 Å². The Hall–Kier alpha value is -2.87. The van der Waals surface area contributed by atoms with E-state index in [1.54, 1.807) is 67.6 Å². The smallest absolute Gasteiger partial charge is 0.264 e. The molecule has 0 bridgehead atoms. The minimum absolute atomic E-state index is 0.0525. The van der Waals surface area contributed by atoms with Crippen LogP contribution < -0.4 is 9.73 Å². The maximum atomic E-state index is 13.4. The summed E-state index contributed by atoms with van der Waals surface area (Å²) in [6.07, 6.45) is 0. The lowest BCUT2D eigenvalue weighted by atomic mass is 10.1. The lowest BCUT2D eigenvalue weighted by Gasteiger charge is -2.24. The molecule has 0 unspecified atom stereocenters. The van der Waals surface area contributed by atoms with Crippen LogP contribution in [-0.4, -0.2) is 26.6 Å². The standard InChI is InChI=1S/C23H21Cl2N3O3S/c1-16-7-13-20(14-8-16)32(30,31)28(22-6-4-3-5-21(22)25)15-23(29)27-26-17(2)18-9-11-19(24)12-10-18/h3-14H,15H2,1-2H3,(H,27,29)/b26-17-. The molecule has 0 aliphatic carbocycles. The SMILES string of the molecule is C/C(=N/NC(=O)CN(c1ccccc1Cl)S(=O)(=O)c1ccc(C)cc1)c1ccc(Cl)cc1. The van der Waals surface area contributed by atoms with Crippen molar-refractivity contribution in [1.29, 1.82) is 0 Å². The number of hydrogen-bond donors (Lipinski definition) is 1. The normalized spacial score (nSPS) is 11.8. The first-order chi connectivity index (χ1) is 15.2. The molecule has 1 amide bonds. The van der Waals surface area contributed by atoms with E-state index in [0.717, 1.165) is 15.4 Å². The third-order valence-electron chi connectivity index (χ3n) is 4.63. The van der Waals surface area contributed by atoms with E-state index in [1.807, 2.05) is 6.92 Å². The molecule has 1 N–H and O–H groups in total. The van der Waals surface area contributed by atoms with Crippen LogP contribution in [0.2, 0.25) is 10.0 Å². The van der Waals surface area contributed by atoms with Gasteiger partial charge in [0, 0.05) is 5.02 Å². The van der Waals surface area contributed by atoms with Gasteiger partial charge in [-0.3, -0.25) is 9.10 Å². The zero-order valence-electron chi connectivity index (χ0n) is 17.4. The molecule has 166 valence electrons. The monoisotopic (exact) mass is 489 g/mol. The Morgan fingerprint density at radius 1 is 0.969 bits per heavy atom. The predicted molar refractivity (Wildman–Crippen MR) is 129 cm³/mol. The Balaban J connectivity index is 1.88. The molecule has 0 saturated carbocycles. The number of nitrogens with one attached hydrogen (secondary N) is 1. The number of carbonyl (C=O) groups excluding carboxylic acids is 1. The fraction of sp³-hybridized carbons (Fsp3) is 0.130. The highest BCUT2D eigenvalue weighted by atomic mass is 35.5. The summed E-state index contributed by atoms with van der Waals surface area (Å²) < 4.78 is 27.7. The van der Waals surface area contributed by atoms with Crippen LogP contribution in [0.5, 0.6) is 0 Å². The third-order valence-corrected chi connectivity index (χ3v) is 6.97. The van der Waals surface area contributed by atoms with Crippen LogP contribution in [0.4, 0.5) is 5.69 Å². The molecular formula is C23H21Cl2N3O3S. The Kier molecular flexibility index (Phi) is 7.56. The van der Waals surface area contributed by atoms with Crippen molar-refractivity contribution in [2.24, 2.45) is 5.10 Å². The minimum atomic E-state index is -4.06. The summed E-state index contributed by atoms with van der Waals surface area (Å²) in [4.78, 5) is 12.7. The second-order valence-corrected chi connectivity index (χ2v) is 9.72. The molecule has 0 radical (unpaired) electrons. The van der Waals surface area contributed by atoms with Gasteiger partial charge in [0.15, 0.2) is 0 Å². The molecule has 9 heteroatoms. The number of anilines is 1. The molecular weight excluding hydrogens is 469 g/mol. The molecule has 0 atom stereocenters. The topological polar surface area (TPSA) is 78.8 Å². The van der Waals surface area contributed by atoms with E-state index in [0.29, 0.717) is 10.7 Å². The lowest BCUT2D eigenvalue weighted by Crippen LogP contribution is -2.40. The average Bonchev–Trinajstić information content (AvgIpc) is 2.77. The Labute approximate surface area is 197 Å². The quantitative estimate of drug-likeness (QED) is 0.373. The molecule has 0 aromatic heterocycles. The highest BCUT2D eigenvalue weighted by molar-refractivity contribution is 7.92. The van der Waals surface area contributed by atoms with E-state index in [4.69, 9.17) is 23.2 Å². The minimum Gasteiger partial charge on any atom is -0.271 e. The zero-order chi connectivity index (χ0) is 23.3. The zero-order valence-corrected chi connectivity index (χ0v) is 19.7. The molecule has 0 fully saturated rings. The number of benzene rings is 3. The number of amides is 1. The first kappa shape index (κ1) is 23.8. The van der Waals surface area contributed by atoms with Crippen molar-refractivity contribution in [2.45, 2.75) is 18.7 Å². The van der Waals surface area contributed by atoms with E-state index in [1.165, 1.54) is 12.1 Å². The number of para-hydroxylation sites is 1. The first-order valence-electron chi connectivity index (χ1n) is 9.61. The molecule has 3 aromatic rings. The van der Waals surface area contributed by atoms with Crippen LogP contribution in [0.25, 0.3) is 0 Å². The van der Waals surface area contributed by atoms with Gasteiger partial charge in [0.1, 0.15) is 6.54 Å². The summed E-state index contributed by atoms with van der Waals surface area (Å²) in [5.41, 5.74) is 4.84. The number of carbonyl (C=O) groups is 1. The summed E-state index contributed by atoms with van der Waals surface area (Å²) in [5.74, 6) is -0.617. The van der Waals surface area contributed by atoms with E-state index in [9.17, 15) is 13.2 Å². The molecule has 32 heavy (non-hydrogen) atoms. The number of hydrazone groups is 1. The Morgan fingerprint density at radius 2 is 1.59 bits per heavy atom. The molecule has 0 heterocycles. The molecule has 3 rings (SSSR count). The van der Waals surface area contributed by atoms with Gasteiger partial charge in [-0.05, 0) is 55.8 Å². The van der Waals surface area contributed by atoms with Crippen molar-refractivity contribution in [3.05, 3.63) is 94.0 Å². The van der Waals surface area contributed by atoms with Crippen molar-refractivity contribution in [2.75, 3.05) is 10.8 Å². The summed E-state index contributed by atoms with van der Waals surface area (Å²) in [6, 6.07) is 19.8. The van der Waals surface area contributed by atoms with Crippen molar-refractivity contribution in [3.8, 4) is 0 Å². The fourth-order valence-electron chi connectivity index (χ4n) is 2.86. The van der Waals surface area contributed by atoms with Gasteiger partial charge in [-0.15, -0.1) is 0 Å². The molecule has 6 nitrogen and oxygen atoms in total. The molecule has 0 aliphatic rings. The van der Waals surface area contributed by atoms with E-state index >= 15 is 0 Å². The average molecular weight is 490 g/mol. The largest absolute Gasteiger partial charge is 0.271 e. The van der Waals surface area contributed by atoms with Crippen molar-refractivity contribution in [3.63, 3.8) is 0 Å². The number of rotatable bonds is 7. The van der Waals surface area contributed by atoms with Gasteiger partial charge >= 0.3 is 0 Å². The Morgan fingerprint density at radius 3 is 2.22 bits per heavy atom. The molecule has 0 aliphatic heterocycles. The number of sulfonamides is 1. The van der Waals surface area contributed by atoms with Gasteiger partial charge in [0.05, 0.1) is 21.3 Å². The van der Waals surface area contributed by atoms with Gasteiger partial charge < -0.3 is 0 Å². The van der Waals surface area contributed by atoms with Crippen molar-refractivity contribution >= 4 is 50.5 Å². The second kappa shape index (κ2) is 10.2. The number of aryl methyl sites for hydroxylation is 1. The summed E-state index contributed by atoms with van der Waals surface area (Å²) in [7, 11) is -4.06. The van der Waals surface area contributed by atoms with Crippen LogP contribution >= 0.6 is 23.2 Å². The summed E-state index contributed by atoms with van der Waals surface area (Å²) in [6.45, 7) is 3.08. The van der Waals surface area contributed by atoms with Crippen LogP contribution in [0.1, 0.15) is 18.1 Å². The second-order valence-electron chi connectivity index (χ2n) is 7.02. The molecule has 0 spiro atoms. The number of halogens is 2. The van der Waals surface area contributed by atoms with Gasteiger partial charge in [-0.2, -0.15) is 5.10 Å².